The monoisotopic (exact) mass is 223 g/mol. The number of hydrogen-bond acceptors (Lipinski definition) is 1. The number of rotatable bonds is 4. The first kappa shape index (κ1) is 10.9. The highest BCUT2D eigenvalue weighted by molar-refractivity contribution is 6.20. The number of pyridine rings is 1. The molecule has 1 fully saturated rings. The molecule has 0 N–H and O–H groups in total. The predicted molar refractivity (Wildman–Crippen MR) is 64.6 cm³/mol. The Balaban J connectivity index is 2.15. The highest BCUT2D eigenvalue weighted by Gasteiger charge is 2.25. The maximum Gasteiger partial charge on any atom is 0.0440 e. The molecule has 1 aromatic rings. The molecule has 15 heavy (non-hydrogen) atoms. The van der Waals surface area contributed by atoms with Crippen molar-refractivity contribution in [1.29, 1.82) is 0 Å². The van der Waals surface area contributed by atoms with Crippen molar-refractivity contribution in [3.8, 4) is 0 Å². The van der Waals surface area contributed by atoms with Gasteiger partial charge in [-0.3, -0.25) is 4.98 Å². The largest absolute Gasteiger partial charge is 0.258 e. The fourth-order valence-electron chi connectivity index (χ4n) is 1.87. The third kappa shape index (κ3) is 2.94. The van der Waals surface area contributed by atoms with Crippen LogP contribution >= 0.6 is 11.6 Å². The number of aryl methyl sites for hydroxylation is 1. The lowest BCUT2D eigenvalue weighted by molar-refractivity contribution is 0.799. The van der Waals surface area contributed by atoms with Crippen molar-refractivity contribution >= 4 is 11.6 Å². The average molecular weight is 224 g/mol. The van der Waals surface area contributed by atoms with Gasteiger partial charge in [0.1, 0.15) is 0 Å². The summed E-state index contributed by atoms with van der Waals surface area (Å²) in [6, 6.07) is 4.41. The quantitative estimate of drug-likeness (QED) is 0.707. The molecule has 0 amide bonds. The summed E-state index contributed by atoms with van der Waals surface area (Å²) in [6.45, 7) is 4.21. The molecular formula is C13H18ClN. The lowest BCUT2D eigenvalue weighted by atomic mass is 10.1. The van der Waals surface area contributed by atoms with Crippen LogP contribution in [0.4, 0.5) is 0 Å². The van der Waals surface area contributed by atoms with Gasteiger partial charge in [-0.05, 0) is 50.3 Å². The molecule has 0 spiro atoms. The van der Waals surface area contributed by atoms with Crippen molar-refractivity contribution in [2.45, 2.75) is 50.8 Å². The fraction of sp³-hybridized carbons (Fsp3) is 0.615. The van der Waals surface area contributed by atoms with Gasteiger partial charge >= 0.3 is 0 Å². The number of nitrogens with zero attached hydrogens (tertiary/aromatic N) is 1. The molecular weight excluding hydrogens is 206 g/mol. The van der Waals surface area contributed by atoms with E-state index in [1.54, 1.807) is 0 Å². The van der Waals surface area contributed by atoms with Crippen molar-refractivity contribution in [1.82, 2.24) is 4.98 Å². The fourth-order valence-corrected chi connectivity index (χ4v) is 2.05. The summed E-state index contributed by atoms with van der Waals surface area (Å²) in [5.41, 5.74) is 3.77. The Morgan fingerprint density at radius 2 is 2.20 bits per heavy atom. The highest BCUT2D eigenvalue weighted by Crippen LogP contribution is 2.39. The first-order valence-corrected chi connectivity index (χ1v) is 6.24. The molecule has 1 aromatic heterocycles. The second kappa shape index (κ2) is 4.52. The van der Waals surface area contributed by atoms with E-state index in [0.717, 1.165) is 24.5 Å². The van der Waals surface area contributed by atoms with E-state index in [1.807, 2.05) is 0 Å². The molecule has 0 saturated heterocycles. The van der Waals surface area contributed by atoms with Crippen molar-refractivity contribution in [3.05, 3.63) is 29.1 Å². The van der Waals surface area contributed by atoms with Crippen LogP contribution in [-0.4, -0.2) is 10.4 Å². The Morgan fingerprint density at radius 3 is 2.80 bits per heavy atom. The minimum Gasteiger partial charge on any atom is -0.258 e. The van der Waals surface area contributed by atoms with Gasteiger partial charge in [0.05, 0.1) is 0 Å². The van der Waals surface area contributed by atoms with Gasteiger partial charge in [0.15, 0.2) is 0 Å². The summed E-state index contributed by atoms with van der Waals surface area (Å²) >= 11 is 6.18. The van der Waals surface area contributed by atoms with Gasteiger partial charge in [-0.25, -0.2) is 0 Å². The van der Waals surface area contributed by atoms with Gasteiger partial charge < -0.3 is 0 Å². The smallest absolute Gasteiger partial charge is 0.0440 e. The van der Waals surface area contributed by atoms with E-state index in [9.17, 15) is 0 Å². The number of hydrogen-bond donors (Lipinski definition) is 0. The number of halogens is 1. The lowest BCUT2D eigenvalue weighted by Gasteiger charge is -2.09. The Morgan fingerprint density at radius 1 is 1.47 bits per heavy atom. The van der Waals surface area contributed by atoms with E-state index in [1.165, 1.54) is 24.1 Å². The van der Waals surface area contributed by atoms with Crippen molar-refractivity contribution in [3.63, 3.8) is 0 Å². The number of aromatic nitrogens is 1. The second-order valence-corrected chi connectivity index (χ2v) is 5.14. The van der Waals surface area contributed by atoms with Gasteiger partial charge in [-0.15, -0.1) is 11.6 Å². The van der Waals surface area contributed by atoms with Gasteiger partial charge in [0.2, 0.25) is 0 Å². The molecule has 0 aromatic carbocycles. The van der Waals surface area contributed by atoms with E-state index < -0.39 is 0 Å². The van der Waals surface area contributed by atoms with Crippen LogP contribution in [0.5, 0.6) is 0 Å². The van der Waals surface area contributed by atoms with E-state index in [4.69, 9.17) is 11.6 Å². The van der Waals surface area contributed by atoms with Crippen LogP contribution in [0.25, 0.3) is 0 Å². The summed E-state index contributed by atoms with van der Waals surface area (Å²) < 4.78 is 0. The van der Waals surface area contributed by atoms with Crippen molar-refractivity contribution in [2.75, 3.05) is 0 Å². The zero-order chi connectivity index (χ0) is 10.8. The first-order valence-electron chi connectivity index (χ1n) is 5.80. The molecule has 1 heterocycles. The topological polar surface area (TPSA) is 12.9 Å². The molecule has 1 aliphatic rings. The maximum atomic E-state index is 6.18. The van der Waals surface area contributed by atoms with Crippen LogP contribution in [-0.2, 0) is 6.42 Å². The lowest BCUT2D eigenvalue weighted by Crippen LogP contribution is -2.03. The van der Waals surface area contributed by atoms with Gasteiger partial charge in [0.25, 0.3) is 0 Å². The average Bonchev–Trinajstić information content (AvgIpc) is 2.99. The van der Waals surface area contributed by atoms with Crippen LogP contribution < -0.4 is 0 Å². The van der Waals surface area contributed by atoms with E-state index >= 15 is 0 Å². The normalized spacial score (nSPS) is 17.8. The third-order valence-corrected chi connectivity index (χ3v) is 3.39. The van der Waals surface area contributed by atoms with E-state index in [0.29, 0.717) is 0 Å². The SMILES string of the molecule is CCC(Cl)Cc1cc(C)nc(C2CC2)c1. The standard InChI is InChI=1S/C13H18ClN/c1-3-12(14)7-10-6-9(2)15-13(8-10)11-4-5-11/h6,8,11-12H,3-5,7H2,1-2H3. The molecule has 82 valence electrons. The van der Waals surface area contributed by atoms with Crippen molar-refractivity contribution in [2.24, 2.45) is 0 Å². The van der Waals surface area contributed by atoms with E-state index in [-0.39, 0.29) is 5.38 Å². The molecule has 0 bridgehead atoms. The van der Waals surface area contributed by atoms with Gasteiger partial charge in [-0.1, -0.05) is 6.92 Å². The van der Waals surface area contributed by atoms with Crippen LogP contribution in [0.3, 0.4) is 0 Å². The Kier molecular flexibility index (Phi) is 3.30. The zero-order valence-corrected chi connectivity index (χ0v) is 10.2. The molecule has 2 rings (SSSR count). The summed E-state index contributed by atoms with van der Waals surface area (Å²) in [7, 11) is 0. The van der Waals surface area contributed by atoms with E-state index in [2.05, 4.69) is 31.0 Å². The summed E-state index contributed by atoms with van der Waals surface area (Å²) in [5, 5.41) is 0.263. The molecule has 1 atom stereocenters. The molecule has 1 aliphatic carbocycles. The summed E-state index contributed by atoms with van der Waals surface area (Å²) in [5.74, 6) is 0.735. The van der Waals surface area contributed by atoms with Crippen LogP contribution in [0.1, 0.15) is 49.1 Å². The molecule has 0 radical (unpaired) electrons. The van der Waals surface area contributed by atoms with Gasteiger partial charge in [-0.2, -0.15) is 0 Å². The predicted octanol–water partition coefficient (Wildman–Crippen LogP) is 3.83. The second-order valence-electron chi connectivity index (χ2n) is 4.53. The third-order valence-electron chi connectivity index (χ3n) is 2.93. The van der Waals surface area contributed by atoms with Gasteiger partial charge in [0, 0.05) is 22.7 Å². The Bertz CT molecular complexity index is 344. The van der Waals surface area contributed by atoms with Crippen molar-refractivity contribution < 1.29 is 0 Å². The minimum absolute atomic E-state index is 0.263. The molecule has 1 saturated carbocycles. The molecule has 0 aliphatic heterocycles. The summed E-state index contributed by atoms with van der Waals surface area (Å²) in [4.78, 5) is 4.59. The zero-order valence-electron chi connectivity index (χ0n) is 9.46. The highest BCUT2D eigenvalue weighted by atomic mass is 35.5. The number of alkyl halides is 1. The Labute approximate surface area is 96.9 Å². The van der Waals surface area contributed by atoms with Crippen LogP contribution in [0.2, 0.25) is 0 Å². The summed E-state index contributed by atoms with van der Waals surface area (Å²) in [6.07, 6.45) is 4.63. The van der Waals surface area contributed by atoms with Crippen LogP contribution in [0, 0.1) is 6.92 Å². The maximum absolute atomic E-state index is 6.18. The van der Waals surface area contributed by atoms with Crippen LogP contribution in [0.15, 0.2) is 12.1 Å². The Hall–Kier alpha value is -0.560. The molecule has 2 heteroatoms. The minimum atomic E-state index is 0.263. The molecule has 1 unspecified atom stereocenters. The first-order chi connectivity index (χ1) is 7.19. The molecule has 1 nitrogen and oxygen atoms in total.